The Hall–Kier alpha value is -1.99. The molecule has 6 nitrogen and oxygen atoms in total. The van der Waals surface area contributed by atoms with Gasteiger partial charge in [0.25, 0.3) is 0 Å². The molecule has 1 amide bonds. The van der Waals surface area contributed by atoms with Crippen LogP contribution in [0, 0.1) is 6.92 Å². The summed E-state index contributed by atoms with van der Waals surface area (Å²) in [7, 11) is 3.53. The number of hydrogen-bond acceptors (Lipinski definition) is 6. The number of nitrogens with zero attached hydrogens (tertiary/aromatic N) is 3. The smallest absolute Gasteiger partial charge is 0.234 e. The topological polar surface area (TPSA) is 67.3 Å². The molecule has 1 aromatic heterocycles. The number of carbonyl (C=O) groups is 1. The normalized spacial score (nSPS) is 10.7. The Morgan fingerprint density at radius 3 is 2.86 bits per heavy atom. The molecule has 0 aliphatic carbocycles. The van der Waals surface area contributed by atoms with Gasteiger partial charge in [-0.05, 0) is 31.6 Å². The molecule has 0 bridgehead atoms. The molecule has 118 valence electrons. The van der Waals surface area contributed by atoms with Crippen LogP contribution in [0.2, 0.25) is 0 Å². The van der Waals surface area contributed by atoms with Gasteiger partial charge in [-0.15, -0.1) is 5.10 Å². The fraction of sp³-hybridized carbons (Fsp3) is 0.400. The number of likely N-dealkylation sites (N-methyl/N-ethyl adjacent to an activating group) is 1. The summed E-state index contributed by atoms with van der Waals surface area (Å²) in [5.41, 5.74) is 1.88. The van der Waals surface area contributed by atoms with E-state index in [9.17, 15) is 4.79 Å². The van der Waals surface area contributed by atoms with Crippen molar-refractivity contribution in [3.63, 3.8) is 0 Å². The highest BCUT2D eigenvalue weighted by Gasteiger charge is 2.11. The third-order valence-corrected chi connectivity index (χ3v) is 4.05. The zero-order valence-corrected chi connectivity index (χ0v) is 13.8. The van der Waals surface area contributed by atoms with Crippen LogP contribution in [0.1, 0.15) is 16.1 Å². The van der Waals surface area contributed by atoms with Crippen LogP contribution in [0.3, 0.4) is 0 Å². The molecule has 0 fully saturated rings. The Bertz CT molecular complexity index is 630. The number of carbonyl (C=O) groups excluding carboxylic acids is 1. The van der Waals surface area contributed by atoms with Gasteiger partial charge in [-0.25, -0.2) is 0 Å². The monoisotopic (exact) mass is 320 g/mol. The van der Waals surface area contributed by atoms with Crippen molar-refractivity contribution in [1.29, 1.82) is 0 Å². The van der Waals surface area contributed by atoms with Crippen LogP contribution in [-0.4, -0.2) is 41.1 Å². The summed E-state index contributed by atoms with van der Waals surface area (Å²) in [4.78, 5) is 15.0. The molecule has 0 unspecified atom stereocenters. The number of methoxy groups -OCH3 is 1. The van der Waals surface area contributed by atoms with Crippen LogP contribution in [0.15, 0.2) is 24.3 Å². The van der Waals surface area contributed by atoms with Crippen molar-refractivity contribution in [1.82, 2.24) is 19.8 Å². The minimum absolute atomic E-state index is 0.0245. The number of aryl methyl sites for hydroxylation is 1. The van der Waals surface area contributed by atoms with E-state index in [1.54, 1.807) is 7.11 Å². The Morgan fingerprint density at radius 2 is 2.18 bits per heavy atom. The van der Waals surface area contributed by atoms with Gasteiger partial charge in [0, 0.05) is 18.7 Å². The van der Waals surface area contributed by atoms with Crippen molar-refractivity contribution in [2.24, 2.45) is 0 Å². The van der Waals surface area contributed by atoms with Gasteiger partial charge in [-0.2, -0.15) is 0 Å². The molecule has 0 atom stereocenters. The first-order chi connectivity index (χ1) is 10.6. The fourth-order valence-corrected chi connectivity index (χ4v) is 2.75. The van der Waals surface area contributed by atoms with Crippen LogP contribution in [0.5, 0.6) is 5.75 Å². The van der Waals surface area contributed by atoms with Gasteiger partial charge in [-0.3, -0.25) is 9.69 Å². The van der Waals surface area contributed by atoms with Crippen LogP contribution in [-0.2, 0) is 17.9 Å². The van der Waals surface area contributed by atoms with Crippen molar-refractivity contribution in [2.75, 3.05) is 20.7 Å². The van der Waals surface area contributed by atoms with E-state index >= 15 is 0 Å². The van der Waals surface area contributed by atoms with Crippen LogP contribution in [0.4, 0.5) is 0 Å². The third kappa shape index (κ3) is 4.51. The first-order valence-corrected chi connectivity index (χ1v) is 7.72. The quantitative estimate of drug-likeness (QED) is 0.839. The van der Waals surface area contributed by atoms with Crippen LogP contribution in [0.25, 0.3) is 0 Å². The lowest BCUT2D eigenvalue weighted by Crippen LogP contribution is -2.34. The Balaban J connectivity index is 1.81. The molecular weight excluding hydrogens is 300 g/mol. The van der Waals surface area contributed by atoms with Crippen molar-refractivity contribution in [3.8, 4) is 5.75 Å². The van der Waals surface area contributed by atoms with Gasteiger partial charge >= 0.3 is 0 Å². The summed E-state index contributed by atoms with van der Waals surface area (Å²) in [6.07, 6.45) is 0. The summed E-state index contributed by atoms with van der Waals surface area (Å²) < 4.78 is 9.17. The van der Waals surface area contributed by atoms with E-state index < -0.39 is 0 Å². The highest BCUT2D eigenvalue weighted by molar-refractivity contribution is 7.05. The highest BCUT2D eigenvalue weighted by Crippen LogP contribution is 2.16. The van der Waals surface area contributed by atoms with E-state index in [-0.39, 0.29) is 5.91 Å². The Kier molecular flexibility index (Phi) is 5.85. The molecule has 1 N–H and O–H groups in total. The summed E-state index contributed by atoms with van der Waals surface area (Å²) in [6.45, 7) is 3.38. The van der Waals surface area contributed by atoms with E-state index in [1.807, 2.05) is 43.1 Å². The zero-order valence-electron chi connectivity index (χ0n) is 13.0. The van der Waals surface area contributed by atoms with Gasteiger partial charge < -0.3 is 10.1 Å². The molecule has 1 aromatic carbocycles. The molecular formula is C15H20N4O2S. The molecule has 0 saturated heterocycles. The number of aromatic nitrogens is 2. The Labute approximate surface area is 134 Å². The second-order valence-corrected chi connectivity index (χ2v) is 5.88. The van der Waals surface area contributed by atoms with Gasteiger partial charge in [0.1, 0.15) is 5.75 Å². The molecule has 0 saturated carbocycles. The van der Waals surface area contributed by atoms with Crippen LogP contribution >= 0.6 is 11.5 Å². The average Bonchev–Trinajstić information content (AvgIpc) is 2.90. The van der Waals surface area contributed by atoms with Gasteiger partial charge in [0.15, 0.2) is 0 Å². The standard InChI is InChI=1S/C15H20N4O2S/c1-11-14(22-18-17-11)9-19(2)10-15(20)16-8-12-6-4-5-7-13(12)21-3/h4-7H,8-10H2,1-3H3,(H,16,20). The zero-order chi connectivity index (χ0) is 15.9. The summed E-state index contributed by atoms with van der Waals surface area (Å²) >= 11 is 1.37. The number of nitrogens with one attached hydrogen (secondary N) is 1. The number of rotatable bonds is 7. The summed E-state index contributed by atoms with van der Waals surface area (Å²) in [5, 5.41) is 6.88. The number of benzene rings is 1. The Morgan fingerprint density at radius 1 is 1.41 bits per heavy atom. The maximum atomic E-state index is 12.0. The highest BCUT2D eigenvalue weighted by atomic mass is 32.1. The molecule has 22 heavy (non-hydrogen) atoms. The van der Waals surface area contributed by atoms with Gasteiger partial charge in [0.2, 0.25) is 5.91 Å². The summed E-state index contributed by atoms with van der Waals surface area (Å²) in [5.74, 6) is 0.756. The number of amides is 1. The number of hydrogen-bond donors (Lipinski definition) is 1. The van der Waals surface area contributed by atoms with Crippen molar-refractivity contribution in [2.45, 2.75) is 20.0 Å². The molecule has 2 aromatic rings. The predicted octanol–water partition coefficient (Wildman–Crippen LogP) is 1.60. The molecule has 0 aliphatic rings. The average molecular weight is 320 g/mol. The summed E-state index contributed by atoms with van der Waals surface area (Å²) in [6, 6.07) is 7.65. The molecule has 0 aliphatic heterocycles. The predicted molar refractivity (Wildman–Crippen MR) is 85.8 cm³/mol. The molecule has 2 rings (SSSR count). The van der Waals surface area contributed by atoms with E-state index in [1.165, 1.54) is 11.5 Å². The molecule has 0 radical (unpaired) electrons. The molecule has 1 heterocycles. The minimum Gasteiger partial charge on any atom is -0.496 e. The second kappa shape index (κ2) is 7.86. The van der Waals surface area contributed by atoms with Crippen molar-refractivity contribution >= 4 is 17.4 Å². The first-order valence-electron chi connectivity index (χ1n) is 6.95. The first kappa shape index (κ1) is 16.4. The molecule has 0 spiro atoms. The van der Waals surface area contributed by atoms with E-state index in [4.69, 9.17) is 4.74 Å². The van der Waals surface area contributed by atoms with Crippen molar-refractivity contribution < 1.29 is 9.53 Å². The third-order valence-electron chi connectivity index (χ3n) is 3.24. The number of para-hydroxylation sites is 1. The maximum Gasteiger partial charge on any atom is 0.234 e. The largest absolute Gasteiger partial charge is 0.496 e. The van der Waals surface area contributed by atoms with Crippen molar-refractivity contribution in [3.05, 3.63) is 40.4 Å². The van der Waals surface area contributed by atoms with Gasteiger partial charge in [-0.1, -0.05) is 22.7 Å². The maximum absolute atomic E-state index is 12.0. The van der Waals surface area contributed by atoms with Crippen LogP contribution < -0.4 is 10.1 Å². The lowest BCUT2D eigenvalue weighted by Gasteiger charge is -2.16. The second-order valence-electron chi connectivity index (χ2n) is 5.04. The number of ether oxygens (including phenoxy) is 1. The minimum atomic E-state index is -0.0245. The fourth-order valence-electron chi connectivity index (χ4n) is 2.04. The lowest BCUT2D eigenvalue weighted by atomic mass is 10.2. The van der Waals surface area contributed by atoms with E-state index in [0.29, 0.717) is 19.6 Å². The SMILES string of the molecule is COc1ccccc1CNC(=O)CN(C)Cc1snnc1C. The van der Waals surface area contributed by atoms with E-state index in [0.717, 1.165) is 21.9 Å². The lowest BCUT2D eigenvalue weighted by molar-refractivity contribution is -0.122. The van der Waals surface area contributed by atoms with E-state index in [2.05, 4.69) is 14.9 Å². The molecule has 7 heteroatoms. The van der Waals surface area contributed by atoms with Gasteiger partial charge in [0.05, 0.1) is 24.2 Å².